The fourth-order valence-corrected chi connectivity index (χ4v) is 1.91. The molecule has 0 aliphatic carbocycles. The van der Waals surface area contributed by atoms with Gasteiger partial charge in [-0.15, -0.1) is 0 Å². The fraction of sp³-hybridized carbons (Fsp3) is 0.250. The van der Waals surface area contributed by atoms with Crippen LogP contribution in [0.4, 0.5) is 8.78 Å². The molecule has 2 aromatic carbocycles. The van der Waals surface area contributed by atoms with Crippen molar-refractivity contribution in [3.05, 3.63) is 71.3 Å². The maximum absolute atomic E-state index is 13.4. The van der Waals surface area contributed by atoms with Gasteiger partial charge in [-0.2, -0.15) is 0 Å². The van der Waals surface area contributed by atoms with Gasteiger partial charge in [-0.3, -0.25) is 0 Å². The summed E-state index contributed by atoms with van der Waals surface area (Å²) in [5.74, 6) is -1.29. The summed E-state index contributed by atoms with van der Waals surface area (Å²) in [5, 5.41) is 9.77. The summed E-state index contributed by atoms with van der Waals surface area (Å²) in [5.41, 5.74) is 0.875. The lowest BCUT2D eigenvalue weighted by atomic mass is 10.1. The average Bonchev–Trinajstić information content (AvgIpc) is 2.44. The first-order valence-electron chi connectivity index (χ1n) is 6.39. The van der Waals surface area contributed by atoms with E-state index in [1.807, 2.05) is 30.3 Å². The first-order valence-corrected chi connectivity index (χ1v) is 6.39. The number of aliphatic hydroxyl groups excluding tert-OH is 1. The van der Waals surface area contributed by atoms with Crippen molar-refractivity contribution < 1.29 is 18.6 Å². The van der Waals surface area contributed by atoms with Crippen LogP contribution in [-0.4, -0.2) is 17.8 Å². The van der Waals surface area contributed by atoms with E-state index in [9.17, 15) is 13.9 Å². The summed E-state index contributed by atoms with van der Waals surface area (Å²) in [6.45, 7) is 0.389. The van der Waals surface area contributed by atoms with Crippen LogP contribution in [0.3, 0.4) is 0 Å². The normalized spacial score (nSPS) is 12.3. The van der Waals surface area contributed by atoms with E-state index in [-0.39, 0.29) is 18.6 Å². The summed E-state index contributed by atoms with van der Waals surface area (Å²) < 4.78 is 32.2. The molecular formula is C16H16F2O2. The Labute approximate surface area is 116 Å². The molecule has 0 saturated heterocycles. The van der Waals surface area contributed by atoms with Crippen molar-refractivity contribution in [3.63, 3.8) is 0 Å². The monoisotopic (exact) mass is 278 g/mol. The van der Waals surface area contributed by atoms with E-state index < -0.39 is 17.7 Å². The van der Waals surface area contributed by atoms with Gasteiger partial charge in [0.25, 0.3) is 0 Å². The number of rotatable bonds is 6. The van der Waals surface area contributed by atoms with Gasteiger partial charge < -0.3 is 9.84 Å². The number of hydrogen-bond acceptors (Lipinski definition) is 2. The quantitative estimate of drug-likeness (QED) is 0.880. The smallest absolute Gasteiger partial charge is 0.129 e. The molecule has 0 spiro atoms. The summed E-state index contributed by atoms with van der Waals surface area (Å²) >= 11 is 0. The zero-order chi connectivity index (χ0) is 14.4. The lowest BCUT2D eigenvalue weighted by Gasteiger charge is -2.12. The maximum Gasteiger partial charge on any atom is 0.129 e. The Kier molecular flexibility index (Phi) is 5.21. The van der Waals surface area contributed by atoms with Crippen molar-refractivity contribution in [1.29, 1.82) is 0 Å². The lowest BCUT2D eigenvalue weighted by molar-refractivity contribution is 0.0281. The van der Waals surface area contributed by atoms with E-state index >= 15 is 0 Å². The molecule has 0 amide bonds. The van der Waals surface area contributed by atoms with Crippen LogP contribution >= 0.6 is 0 Å². The Morgan fingerprint density at radius 2 is 1.60 bits per heavy atom. The Morgan fingerprint density at radius 3 is 2.25 bits per heavy atom. The molecule has 2 aromatic rings. The van der Waals surface area contributed by atoms with Gasteiger partial charge in [0, 0.05) is 12.0 Å². The first kappa shape index (κ1) is 14.6. The third-order valence-corrected chi connectivity index (χ3v) is 2.92. The summed E-state index contributed by atoms with van der Waals surface area (Å²) in [6.07, 6.45) is -1.04. The number of hydrogen-bond donors (Lipinski definition) is 1. The zero-order valence-corrected chi connectivity index (χ0v) is 10.9. The molecule has 0 saturated carbocycles. The Balaban J connectivity index is 1.82. The first-order chi connectivity index (χ1) is 9.66. The van der Waals surface area contributed by atoms with E-state index in [0.717, 1.165) is 5.56 Å². The SMILES string of the molecule is OC(COCc1ccccc1)Cc1c(F)cccc1F. The van der Waals surface area contributed by atoms with Gasteiger partial charge in [-0.1, -0.05) is 36.4 Å². The van der Waals surface area contributed by atoms with Gasteiger partial charge in [0.1, 0.15) is 11.6 Å². The molecule has 2 rings (SSSR count). The maximum atomic E-state index is 13.4. The molecule has 0 radical (unpaired) electrons. The third-order valence-electron chi connectivity index (χ3n) is 2.92. The van der Waals surface area contributed by atoms with Gasteiger partial charge in [-0.25, -0.2) is 8.78 Å². The second-order valence-electron chi connectivity index (χ2n) is 4.56. The van der Waals surface area contributed by atoms with E-state index in [2.05, 4.69) is 0 Å². The zero-order valence-electron chi connectivity index (χ0n) is 10.9. The van der Waals surface area contributed by atoms with Crippen molar-refractivity contribution in [2.24, 2.45) is 0 Å². The second kappa shape index (κ2) is 7.12. The van der Waals surface area contributed by atoms with Gasteiger partial charge in [0.05, 0.1) is 19.3 Å². The molecule has 106 valence electrons. The number of aliphatic hydroxyl groups is 1. The van der Waals surface area contributed by atoms with Crippen LogP contribution in [0.25, 0.3) is 0 Å². The van der Waals surface area contributed by atoms with Crippen molar-refractivity contribution in [3.8, 4) is 0 Å². The number of halogens is 2. The molecule has 1 unspecified atom stereocenters. The molecule has 1 N–H and O–H groups in total. The molecule has 2 nitrogen and oxygen atoms in total. The van der Waals surface area contributed by atoms with E-state index in [0.29, 0.717) is 6.61 Å². The molecule has 0 heterocycles. The van der Waals surface area contributed by atoms with Crippen molar-refractivity contribution in [2.75, 3.05) is 6.61 Å². The van der Waals surface area contributed by atoms with Crippen LogP contribution in [0.15, 0.2) is 48.5 Å². The second-order valence-corrected chi connectivity index (χ2v) is 4.56. The van der Waals surface area contributed by atoms with E-state index in [1.165, 1.54) is 18.2 Å². The molecule has 0 aliphatic heterocycles. The highest BCUT2D eigenvalue weighted by Gasteiger charge is 2.13. The van der Waals surface area contributed by atoms with Gasteiger partial charge in [0.2, 0.25) is 0 Å². The summed E-state index contributed by atoms with van der Waals surface area (Å²) in [4.78, 5) is 0. The fourth-order valence-electron chi connectivity index (χ4n) is 1.91. The van der Waals surface area contributed by atoms with Crippen LogP contribution in [0.2, 0.25) is 0 Å². The minimum Gasteiger partial charge on any atom is -0.390 e. The lowest BCUT2D eigenvalue weighted by Crippen LogP contribution is -2.19. The van der Waals surface area contributed by atoms with E-state index in [4.69, 9.17) is 4.74 Å². The van der Waals surface area contributed by atoms with Crippen molar-refractivity contribution in [2.45, 2.75) is 19.1 Å². The predicted molar refractivity (Wildman–Crippen MR) is 72.2 cm³/mol. The van der Waals surface area contributed by atoms with Gasteiger partial charge in [-0.05, 0) is 17.7 Å². The van der Waals surface area contributed by atoms with Crippen molar-refractivity contribution >= 4 is 0 Å². The molecule has 0 bridgehead atoms. The minimum atomic E-state index is -0.940. The summed E-state index contributed by atoms with van der Waals surface area (Å²) in [6, 6.07) is 13.1. The molecule has 20 heavy (non-hydrogen) atoms. The number of ether oxygens (including phenoxy) is 1. The molecule has 0 aliphatic rings. The standard InChI is InChI=1S/C16H16F2O2/c17-15-7-4-8-16(18)14(15)9-13(19)11-20-10-12-5-2-1-3-6-12/h1-8,13,19H,9-11H2. The Bertz CT molecular complexity index is 523. The topological polar surface area (TPSA) is 29.5 Å². The highest BCUT2D eigenvalue weighted by Crippen LogP contribution is 2.14. The van der Waals surface area contributed by atoms with Gasteiger partial charge in [0.15, 0.2) is 0 Å². The largest absolute Gasteiger partial charge is 0.390 e. The highest BCUT2D eigenvalue weighted by molar-refractivity contribution is 5.20. The van der Waals surface area contributed by atoms with Crippen molar-refractivity contribution in [1.82, 2.24) is 0 Å². The van der Waals surface area contributed by atoms with Gasteiger partial charge >= 0.3 is 0 Å². The van der Waals surface area contributed by atoms with Crippen LogP contribution < -0.4 is 0 Å². The molecule has 4 heteroatoms. The van der Waals surface area contributed by atoms with E-state index in [1.54, 1.807) is 0 Å². The van der Waals surface area contributed by atoms with Crippen LogP contribution in [0.1, 0.15) is 11.1 Å². The van der Waals surface area contributed by atoms with Crippen LogP contribution in [0, 0.1) is 11.6 Å². The molecule has 1 atom stereocenters. The predicted octanol–water partition coefficient (Wildman–Crippen LogP) is 3.09. The van der Waals surface area contributed by atoms with Crippen LogP contribution in [-0.2, 0) is 17.8 Å². The number of benzene rings is 2. The van der Waals surface area contributed by atoms with Crippen LogP contribution in [0.5, 0.6) is 0 Å². The summed E-state index contributed by atoms with van der Waals surface area (Å²) in [7, 11) is 0. The molecular weight excluding hydrogens is 262 g/mol. The highest BCUT2D eigenvalue weighted by atomic mass is 19.1. The Morgan fingerprint density at radius 1 is 0.950 bits per heavy atom. The molecule has 0 aromatic heterocycles. The third kappa shape index (κ3) is 4.11. The average molecular weight is 278 g/mol. The Hall–Kier alpha value is -1.78. The molecule has 0 fully saturated rings. The minimum absolute atomic E-state index is 0.0304.